The third-order valence-electron chi connectivity index (χ3n) is 2.63. The monoisotopic (exact) mass is 293 g/mol. The van der Waals surface area contributed by atoms with Crippen molar-refractivity contribution < 1.29 is 4.79 Å². The van der Waals surface area contributed by atoms with Crippen LogP contribution in [-0.2, 0) is 0 Å². The van der Waals surface area contributed by atoms with E-state index in [2.05, 4.69) is 27.2 Å². The Morgan fingerprint density at radius 1 is 1.59 bits per heavy atom. The molecular weight excluding hydrogens is 278 g/mol. The number of rotatable bonds is 4. The molecule has 0 saturated carbocycles. The van der Waals surface area contributed by atoms with Crippen LogP contribution in [0.3, 0.4) is 0 Å². The number of carbonyl (C=O) groups excluding carboxylic acids is 1. The van der Waals surface area contributed by atoms with E-state index in [1.54, 1.807) is 0 Å². The summed E-state index contributed by atoms with van der Waals surface area (Å²) in [5.74, 6) is 2.50. The highest BCUT2D eigenvalue weighted by molar-refractivity contribution is 9.10. The van der Waals surface area contributed by atoms with Gasteiger partial charge in [0.05, 0.1) is 0 Å². The van der Waals surface area contributed by atoms with Gasteiger partial charge in [-0.1, -0.05) is 28.9 Å². The first-order valence-corrected chi connectivity index (χ1v) is 6.38. The van der Waals surface area contributed by atoms with Crippen LogP contribution in [-0.4, -0.2) is 11.9 Å². The average Bonchev–Trinajstić information content (AvgIpc) is 2.31. The molecular formula is C14H16BrNO. The lowest BCUT2D eigenvalue weighted by atomic mass is 10.1. The molecule has 1 amide bonds. The molecule has 1 aromatic carbocycles. The summed E-state index contributed by atoms with van der Waals surface area (Å²) in [5, 5.41) is 2.93. The van der Waals surface area contributed by atoms with Gasteiger partial charge in [0, 0.05) is 22.5 Å². The van der Waals surface area contributed by atoms with Crippen LogP contribution in [0.1, 0.15) is 35.7 Å². The minimum absolute atomic E-state index is 0.0487. The summed E-state index contributed by atoms with van der Waals surface area (Å²) >= 11 is 3.42. The summed E-state index contributed by atoms with van der Waals surface area (Å²) in [6.45, 7) is 3.99. The van der Waals surface area contributed by atoms with E-state index in [-0.39, 0.29) is 11.9 Å². The highest BCUT2D eigenvalue weighted by Gasteiger charge is 2.11. The van der Waals surface area contributed by atoms with Gasteiger partial charge in [0.25, 0.3) is 5.91 Å². The largest absolute Gasteiger partial charge is 0.348 e. The van der Waals surface area contributed by atoms with Crippen molar-refractivity contribution in [3.8, 4) is 12.3 Å². The van der Waals surface area contributed by atoms with Gasteiger partial charge < -0.3 is 5.32 Å². The summed E-state index contributed by atoms with van der Waals surface area (Å²) < 4.78 is 0.940. The van der Waals surface area contributed by atoms with E-state index in [4.69, 9.17) is 6.42 Å². The SMILES string of the molecule is C#CCC(CC)NC(=O)c1ccc(C)c(Br)c1. The van der Waals surface area contributed by atoms with Crippen molar-refractivity contribution >= 4 is 21.8 Å². The van der Waals surface area contributed by atoms with Crippen LogP contribution < -0.4 is 5.32 Å². The van der Waals surface area contributed by atoms with Crippen LogP contribution >= 0.6 is 15.9 Å². The highest BCUT2D eigenvalue weighted by Crippen LogP contribution is 2.17. The smallest absolute Gasteiger partial charge is 0.251 e. The molecule has 90 valence electrons. The molecule has 0 heterocycles. The van der Waals surface area contributed by atoms with Crippen molar-refractivity contribution in [2.45, 2.75) is 32.7 Å². The second kappa shape index (κ2) is 6.46. The molecule has 0 aliphatic heterocycles. The van der Waals surface area contributed by atoms with E-state index in [0.29, 0.717) is 12.0 Å². The minimum atomic E-state index is -0.0761. The molecule has 1 unspecified atom stereocenters. The van der Waals surface area contributed by atoms with Crippen LogP contribution in [0.4, 0.5) is 0 Å². The molecule has 17 heavy (non-hydrogen) atoms. The fourth-order valence-electron chi connectivity index (χ4n) is 1.44. The van der Waals surface area contributed by atoms with Crippen molar-refractivity contribution in [1.29, 1.82) is 0 Å². The molecule has 2 nitrogen and oxygen atoms in total. The van der Waals surface area contributed by atoms with Gasteiger partial charge in [-0.25, -0.2) is 0 Å². The molecule has 1 atom stereocenters. The molecule has 0 spiro atoms. The Hall–Kier alpha value is -1.27. The Bertz CT molecular complexity index is 448. The third-order valence-corrected chi connectivity index (χ3v) is 3.48. The van der Waals surface area contributed by atoms with Gasteiger partial charge in [0.15, 0.2) is 0 Å². The summed E-state index contributed by atoms with van der Waals surface area (Å²) in [4.78, 5) is 12.0. The lowest BCUT2D eigenvalue weighted by molar-refractivity contribution is 0.0936. The van der Waals surface area contributed by atoms with Gasteiger partial charge in [0.1, 0.15) is 0 Å². The van der Waals surface area contributed by atoms with Gasteiger partial charge in [0.2, 0.25) is 0 Å². The van der Waals surface area contributed by atoms with Gasteiger partial charge in [-0.05, 0) is 31.0 Å². The zero-order valence-corrected chi connectivity index (χ0v) is 11.7. The van der Waals surface area contributed by atoms with E-state index in [1.807, 2.05) is 32.0 Å². The Balaban J connectivity index is 2.76. The quantitative estimate of drug-likeness (QED) is 0.848. The molecule has 0 fully saturated rings. The lowest BCUT2D eigenvalue weighted by Gasteiger charge is -2.14. The Morgan fingerprint density at radius 3 is 2.82 bits per heavy atom. The number of hydrogen-bond donors (Lipinski definition) is 1. The zero-order valence-electron chi connectivity index (χ0n) is 10.1. The molecule has 0 bridgehead atoms. The van der Waals surface area contributed by atoms with E-state index in [9.17, 15) is 4.79 Å². The number of terminal acetylenes is 1. The number of halogens is 1. The normalized spacial score (nSPS) is 11.6. The number of amides is 1. The van der Waals surface area contributed by atoms with Crippen LogP contribution in [0, 0.1) is 19.3 Å². The maximum Gasteiger partial charge on any atom is 0.251 e. The predicted molar refractivity (Wildman–Crippen MR) is 73.9 cm³/mol. The fourth-order valence-corrected chi connectivity index (χ4v) is 1.82. The molecule has 0 aromatic heterocycles. The Labute approximate surface area is 111 Å². The van der Waals surface area contributed by atoms with Crippen molar-refractivity contribution in [1.82, 2.24) is 5.32 Å². The summed E-state index contributed by atoms with van der Waals surface area (Å²) in [6, 6.07) is 5.61. The molecule has 3 heteroatoms. The average molecular weight is 294 g/mol. The molecule has 0 aliphatic carbocycles. The van der Waals surface area contributed by atoms with Crippen molar-refractivity contribution in [3.63, 3.8) is 0 Å². The zero-order chi connectivity index (χ0) is 12.8. The van der Waals surface area contributed by atoms with Crippen LogP contribution in [0.2, 0.25) is 0 Å². The van der Waals surface area contributed by atoms with E-state index in [1.165, 1.54) is 0 Å². The van der Waals surface area contributed by atoms with Gasteiger partial charge in [-0.2, -0.15) is 0 Å². The highest BCUT2D eigenvalue weighted by atomic mass is 79.9. The molecule has 0 aliphatic rings. The Kier molecular flexibility index (Phi) is 5.24. The first-order chi connectivity index (χ1) is 8.08. The maximum absolute atomic E-state index is 12.0. The summed E-state index contributed by atoms with van der Waals surface area (Å²) in [5.41, 5.74) is 1.76. The molecule has 0 saturated heterocycles. The first kappa shape index (κ1) is 13.8. The summed E-state index contributed by atoms with van der Waals surface area (Å²) in [7, 11) is 0. The number of benzene rings is 1. The number of nitrogens with one attached hydrogen (secondary N) is 1. The first-order valence-electron chi connectivity index (χ1n) is 5.59. The van der Waals surface area contributed by atoms with Crippen molar-refractivity contribution in [2.24, 2.45) is 0 Å². The maximum atomic E-state index is 12.0. The van der Waals surface area contributed by atoms with Gasteiger partial charge in [-0.15, -0.1) is 12.3 Å². The second-order valence-corrected chi connectivity index (χ2v) is 4.81. The standard InChI is InChI=1S/C14H16BrNO/c1-4-6-12(5-2)16-14(17)11-8-7-10(3)13(15)9-11/h1,7-9,12H,5-6H2,2-3H3,(H,16,17). The third kappa shape index (κ3) is 3.90. The topological polar surface area (TPSA) is 29.1 Å². The molecule has 1 N–H and O–H groups in total. The number of aryl methyl sites for hydroxylation is 1. The van der Waals surface area contributed by atoms with Crippen LogP contribution in [0.25, 0.3) is 0 Å². The van der Waals surface area contributed by atoms with Crippen molar-refractivity contribution in [2.75, 3.05) is 0 Å². The second-order valence-electron chi connectivity index (χ2n) is 3.95. The summed E-state index contributed by atoms with van der Waals surface area (Å²) in [6.07, 6.45) is 6.66. The molecule has 1 rings (SSSR count). The predicted octanol–water partition coefficient (Wildman–Crippen LogP) is 3.29. The fraction of sp³-hybridized carbons (Fsp3) is 0.357. The van der Waals surface area contributed by atoms with Gasteiger partial charge in [-0.3, -0.25) is 4.79 Å². The van der Waals surface area contributed by atoms with E-state index in [0.717, 1.165) is 16.5 Å². The minimum Gasteiger partial charge on any atom is -0.348 e. The molecule has 0 radical (unpaired) electrons. The number of carbonyl (C=O) groups is 1. The van der Waals surface area contributed by atoms with Crippen LogP contribution in [0.15, 0.2) is 22.7 Å². The molecule has 1 aromatic rings. The van der Waals surface area contributed by atoms with Crippen LogP contribution in [0.5, 0.6) is 0 Å². The van der Waals surface area contributed by atoms with Crippen molar-refractivity contribution in [3.05, 3.63) is 33.8 Å². The lowest BCUT2D eigenvalue weighted by Crippen LogP contribution is -2.34. The Morgan fingerprint density at radius 2 is 2.29 bits per heavy atom. The van der Waals surface area contributed by atoms with E-state index >= 15 is 0 Å². The van der Waals surface area contributed by atoms with E-state index < -0.39 is 0 Å². The number of hydrogen-bond acceptors (Lipinski definition) is 1. The van der Waals surface area contributed by atoms with Gasteiger partial charge >= 0.3 is 0 Å².